The van der Waals surface area contributed by atoms with Crippen LogP contribution in [0.3, 0.4) is 0 Å². The molecule has 0 atom stereocenters. The van der Waals surface area contributed by atoms with Gasteiger partial charge in [-0.3, -0.25) is 4.79 Å². The van der Waals surface area contributed by atoms with Crippen molar-refractivity contribution in [1.29, 1.82) is 0 Å². The highest BCUT2D eigenvalue weighted by Gasteiger charge is 2.14. The second kappa shape index (κ2) is 5.74. The molecule has 17 heavy (non-hydrogen) atoms. The molecule has 0 aromatic heterocycles. The zero-order chi connectivity index (χ0) is 12.9. The van der Waals surface area contributed by atoms with Gasteiger partial charge in [0.15, 0.2) is 0 Å². The quantitative estimate of drug-likeness (QED) is 0.790. The average Bonchev–Trinajstić information content (AvgIpc) is 2.20. The summed E-state index contributed by atoms with van der Waals surface area (Å²) < 4.78 is 38.2. The Balaban J connectivity index is 2.61. The van der Waals surface area contributed by atoms with Gasteiger partial charge in [-0.05, 0) is 6.07 Å². The molecule has 0 heterocycles. The molecule has 0 aliphatic carbocycles. The monoisotopic (exact) mass is 261 g/mol. The number of benzene rings is 1. The molecule has 0 aliphatic heterocycles. The molecule has 0 bridgehead atoms. The molecule has 5 nitrogen and oxygen atoms in total. The van der Waals surface area contributed by atoms with E-state index in [9.17, 15) is 17.6 Å². The van der Waals surface area contributed by atoms with E-state index in [4.69, 9.17) is 5.11 Å². The fourth-order valence-corrected chi connectivity index (χ4v) is 2.34. The molecule has 0 amide bonds. The van der Waals surface area contributed by atoms with Gasteiger partial charge in [0.2, 0.25) is 10.0 Å². The van der Waals surface area contributed by atoms with Crippen molar-refractivity contribution in [1.82, 2.24) is 4.72 Å². The first-order valence-electron chi connectivity index (χ1n) is 4.83. The van der Waals surface area contributed by atoms with Gasteiger partial charge in [-0.2, -0.15) is 0 Å². The van der Waals surface area contributed by atoms with Gasteiger partial charge in [-0.25, -0.2) is 17.5 Å². The van der Waals surface area contributed by atoms with Crippen LogP contribution < -0.4 is 4.72 Å². The Morgan fingerprint density at radius 3 is 2.59 bits per heavy atom. The number of halogens is 1. The Bertz CT molecular complexity index is 501. The average molecular weight is 261 g/mol. The van der Waals surface area contributed by atoms with E-state index in [1.165, 1.54) is 24.3 Å². The largest absolute Gasteiger partial charge is 0.481 e. The third kappa shape index (κ3) is 4.92. The highest BCUT2D eigenvalue weighted by molar-refractivity contribution is 7.88. The molecule has 1 aromatic rings. The standard InChI is InChI=1S/C10H12FNO4S/c11-9-4-2-1-3-8(9)7-17(15,16)12-6-5-10(13)14/h1-4,12H,5-7H2,(H,13,14). The van der Waals surface area contributed by atoms with E-state index < -0.39 is 27.6 Å². The van der Waals surface area contributed by atoms with Crippen LogP contribution in [0, 0.1) is 5.82 Å². The summed E-state index contributed by atoms with van der Waals surface area (Å²) in [5.74, 6) is -2.20. The van der Waals surface area contributed by atoms with Crippen molar-refractivity contribution in [2.45, 2.75) is 12.2 Å². The van der Waals surface area contributed by atoms with E-state index in [0.29, 0.717) is 0 Å². The first-order valence-corrected chi connectivity index (χ1v) is 6.48. The molecule has 94 valence electrons. The Kier molecular flexibility index (Phi) is 4.59. The molecule has 0 fully saturated rings. The molecule has 0 radical (unpaired) electrons. The normalized spacial score (nSPS) is 11.4. The van der Waals surface area contributed by atoms with Crippen molar-refractivity contribution in [3.8, 4) is 0 Å². The third-order valence-corrected chi connectivity index (χ3v) is 3.30. The fourth-order valence-electron chi connectivity index (χ4n) is 1.18. The first kappa shape index (κ1) is 13.6. The van der Waals surface area contributed by atoms with Crippen LogP contribution in [0.5, 0.6) is 0 Å². The van der Waals surface area contributed by atoms with E-state index in [-0.39, 0.29) is 18.5 Å². The second-order valence-electron chi connectivity index (χ2n) is 3.39. The van der Waals surface area contributed by atoms with Crippen molar-refractivity contribution >= 4 is 16.0 Å². The Labute approximate surface area is 98.3 Å². The van der Waals surface area contributed by atoms with Gasteiger partial charge in [0.05, 0.1) is 12.2 Å². The molecular weight excluding hydrogens is 249 g/mol. The maximum absolute atomic E-state index is 13.2. The molecule has 0 spiro atoms. The highest BCUT2D eigenvalue weighted by atomic mass is 32.2. The highest BCUT2D eigenvalue weighted by Crippen LogP contribution is 2.09. The molecule has 7 heteroatoms. The summed E-state index contributed by atoms with van der Waals surface area (Å²) in [6, 6.07) is 5.53. The number of carboxylic acids is 1. The third-order valence-electron chi connectivity index (χ3n) is 1.96. The van der Waals surface area contributed by atoms with Crippen molar-refractivity contribution in [3.63, 3.8) is 0 Å². The summed E-state index contributed by atoms with van der Waals surface area (Å²) >= 11 is 0. The predicted octanol–water partition coefficient (Wildman–Crippen LogP) is 0.720. The summed E-state index contributed by atoms with van der Waals surface area (Å²) in [5.41, 5.74) is 0.0512. The maximum atomic E-state index is 13.2. The van der Waals surface area contributed by atoms with Crippen molar-refractivity contribution in [2.24, 2.45) is 0 Å². The van der Waals surface area contributed by atoms with Crippen molar-refractivity contribution in [2.75, 3.05) is 6.54 Å². The van der Waals surface area contributed by atoms with E-state index in [2.05, 4.69) is 4.72 Å². The van der Waals surface area contributed by atoms with Gasteiger partial charge in [-0.15, -0.1) is 0 Å². The summed E-state index contributed by atoms with van der Waals surface area (Å²) in [4.78, 5) is 10.2. The summed E-state index contributed by atoms with van der Waals surface area (Å²) in [7, 11) is -3.71. The summed E-state index contributed by atoms with van der Waals surface area (Å²) in [6.07, 6.45) is -0.309. The number of carboxylic acid groups (broad SMARTS) is 1. The SMILES string of the molecule is O=C(O)CCNS(=O)(=O)Cc1ccccc1F. The van der Waals surface area contributed by atoms with E-state index in [0.717, 1.165) is 0 Å². The van der Waals surface area contributed by atoms with Crippen LogP contribution in [0.15, 0.2) is 24.3 Å². The number of sulfonamides is 1. The van der Waals surface area contributed by atoms with E-state index in [1.54, 1.807) is 0 Å². The number of carbonyl (C=O) groups is 1. The predicted molar refractivity (Wildman–Crippen MR) is 59.3 cm³/mol. The Morgan fingerprint density at radius 1 is 1.35 bits per heavy atom. The molecule has 0 aliphatic rings. The minimum absolute atomic E-state index is 0.0512. The van der Waals surface area contributed by atoms with Gasteiger partial charge in [-0.1, -0.05) is 18.2 Å². The molecule has 0 saturated heterocycles. The minimum atomic E-state index is -3.71. The van der Waals surface area contributed by atoms with Crippen molar-refractivity contribution in [3.05, 3.63) is 35.6 Å². The van der Waals surface area contributed by atoms with Crippen LogP contribution in [0.25, 0.3) is 0 Å². The van der Waals surface area contributed by atoms with Gasteiger partial charge in [0.25, 0.3) is 0 Å². The van der Waals surface area contributed by atoms with Crippen LogP contribution in [-0.2, 0) is 20.6 Å². The van der Waals surface area contributed by atoms with E-state index >= 15 is 0 Å². The number of hydrogen-bond acceptors (Lipinski definition) is 3. The lowest BCUT2D eigenvalue weighted by Gasteiger charge is -2.06. The van der Waals surface area contributed by atoms with E-state index in [1.807, 2.05) is 0 Å². The lowest BCUT2D eigenvalue weighted by molar-refractivity contribution is -0.136. The topological polar surface area (TPSA) is 83.5 Å². The van der Waals surface area contributed by atoms with Gasteiger partial charge >= 0.3 is 5.97 Å². The molecule has 1 aromatic carbocycles. The first-order chi connectivity index (χ1) is 7.91. The Morgan fingerprint density at radius 2 is 2.00 bits per heavy atom. The smallest absolute Gasteiger partial charge is 0.304 e. The van der Waals surface area contributed by atoms with Crippen molar-refractivity contribution < 1.29 is 22.7 Å². The minimum Gasteiger partial charge on any atom is -0.481 e. The number of aliphatic carboxylic acids is 1. The lowest BCUT2D eigenvalue weighted by Crippen LogP contribution is -2.27. The van der Waals surface area contributed by atoms with Gasteiger partial charge in [0, 0.05) is 12.1 Å². The second-order valence-corrected chi connectivity index (χ2v) is 5.20. The molecule has 2 N–H and O–H groups in total. The summed E-state index contributed by atoms with van der Waals surface area (Å²) in [5, 5.41) is 8.35. The zero-order valence-corrected chi connectivity index (χ0v) is 9.71. The number of nitrogens with one attached hydrogen (secondary N) is 1. The van der Waals surface area contributed by atoms with Crippen LogP contribution in [0.1, 0.15) is 12.0 Å². The van der Waals surface area contributed by atoms with Gasteiger partial charge in [0.1, 0.15) is 5.82 Å². The zero-order valence-electron chi connectivity index (χ0n) is 8.89. The summed E-state index contributed by atoms with van der Waals surface area (Å²) in [6.45, 7) is -0.202. The Hall–Kier alpha value is -1.47. The number of hydrogen-bond donors (Lipinski definition) is 2. The maximum Gasteiger partial charge on any atom is 0.304 e. The van der Waals surface area contributed by atoms with Crippen LogP contribution in [0.2, 0.25) is 0 Å². The molecule has 0 saturated carbocycles. The van der Waals surface area contributed by atoms with Gasteiger partial charge < -0.3 is 5.11 Å². The van der Waals surface area contributed by atoms with Crippen LogP contribution >= 0.6 is 0 Å². The number of rotatable bonds is 6. The molecule has 0 unspecified atom stereocenters. The fraction of sp³-hybridized carbons (Fsp3) is 0.300. The van der Waals surface area contributed by atoms with Crippen LogP contribution in [-0.4, -0.2) is 26.0 Å². The molecular formula is C10H12FNO4S. The van der Waals surface area contributed by atoms with Crippen LogP contribution in [0.4, 0.5) is 4.39 Å². The molecule has 1 rings (SSSR count). The lowest BCUT2D eigenvalue weighted by atomic mass is 10.2.